The molecule has 1 aromatic rings. The van der Waals surface area contributed by atoms with Gasteiger partial charge in [-0.1, -0.05) is 13.0 Å². The van der Waals surface area contributed by atoms with Crippen LogP contribution in [0.4, 0.5) is 5.69 Å². The van der Waals surface area contributed by atoms with Crippen molar-refractivity contribution < 1.29 is 8.42 Å². The van der Waals surface area contributed by atoms with Crippen LogP contribution >= 0.6 is 0 Å². The molecule has 0 amide bonds. The van der Waals surface area contributed by atoms with E-state index >= 15 is 0 Å². The summed E-state index contributed by atoms with van der Waals surface area (Å²) in [6.45, 7) is 5.75. The first-order valence-electron chi connectivity index (χ1n) is 6.86. The van der Waals surface area contributed by atoms with Gasteiger partial charge in [0, 0.05) is 18.3 Å². The van der Waals surface area contributed by atoms with Gasteiger partial charge in [0.15, 0.2) is 0 Å². The number of likely N-dealkylation sites (tertiary alicyclic amines) is 1. The van der Waals surface area contributed by atoms with Gasteiger partial charge in [-0.25, -0.2) is 13.1 Å². The van der Waals surface area contributed by atoms with Gasteiger partial charge >= 0.3 is 0 Å². The molecule has 0 saturated carbocycles. The SMILES string of the molecule is Cc1ccc(S(=O)(=O)NC2CCN(C)CC2C)cc1N. The van der Waals surface area contributed by atoms with Crippen LogP contribution in [-0.4, -0.2) is 39.5 Å². The molecule has 5 nitrogen and oxygen atoms in total. The number of nitrogen functional groups attached to an aromatic ring is 1. The number of hydrogen-bond acceptors (Lipinski definition) is 4. The second-order valence-electron chi connectivity index (χ2n) is 5.77. The molecule has 1 aromatic carbocycles. The summed E-state index contributed by atoms with van der Waals surface area (Å²) in [4.78, 5) is 2.46. The Labute approximate surface area is 121 Å². The van der Waals surface area contributed by atoms with Gasteiger partial charge in [-0.15, -0.1) is 0 Å². The summed E-state index contributed by atoms with van der Waals surface area (Å²) < 4.78 is 27.6. The molecule has 0 spiro atoms. The third-order valence-electron chi connectivity index (χ3n) is 3.98. The molecule has 20 heavy (non-hydrogen) atoms. The Morgan fingerprint density at radius 1 is 1.40 bits per heavy atom. The molecule has 3 N–H and O–H groups in total. The molecule has 2 unspecified atom stereocenters. The van der Waals surface area contributed by atoms with E-state index in [0.29, 0.717) is 11.6 Å². The van der Waals surface area contributed by atoms with Gasteiger partial charge in [-0.05, 0) is 50.6 Å². The zero-order valence-electron chi connectivity index (χ0n) is 12.3. The highest BCUT2D eigenvalue weighted by atomic mass is 32.2. The average molecular weight is 297 g/mol. The fourth-order valence-corrected chi connectivity index (χ4v) is 4.00. The first-order chi connectivity index (χ1) is 9.29. The minimum absolute atomic E-state index is 0.0151. The third kappa shape index (κ3) is 3.31. The lowest BCUT2D eigenvalue weighted by Gasteiger charge is -2.34. The number of aryl methyl sites for hydroxylation is 1. The summed E-state index contributed by atoms with van der Waals surface area (Å²) >= 11 is 0. The number of sulfonamides is 1. The van der Waals surface area contributed by atoms with Crippen molar-refractivity contribution in [3.8, 4) is 0 Å². The summed E-state index contributed by atoms with van der Waals surface area (Å²) in [6, 6.07) is 4.85. The number of anilines is 1. The van der Waals surface area contributed by atoms with Gasteiger partial charge in [-0.2, -0.15) is 0 Å². The number of piperidine rings is 1. The van der Waals surface area contributed by atoms with E-state index in [-0.39, 0.29) is 10.9 Å². The summed E-state index contributed by atoms with van der Waals surface area (Å²) in [7, 11) is -1.44. The van der Waals surface area contributed by atoms with Crippen LogP contribution in [0.15, 0.2) is 23.1 Å². The van der Waals surface area contributed by atoms with E-state index in [4.69, 9.17) is 5.73 Å². The van der Waals surface area contributed by atoms with E-state index in [9.17, 15) is 8.42 Å². The number of rotatable bonds is 3. The lowest BCUT2D eigenvalue weighted by atomic mass is 9.95. The lowest BCUT2D eigenvalue weighted by Crippen LogP contribution is -2.48. The topological polar surface area (TPSA) is 75.4 Å². The maximum Gasteiger partial charge on any atom is 0.240 e. The van der Waals surface area contributed by atoms with E-state index in [1.165, 1.54) is 6.07 Å². The van der Waals surface area contributed by atoms with Gasteiger partial charge in [0.25, 0.3) is 0 Å². The molecular weight excluding hydrogens is 274 g/mol. The van der Waals surface area contributed by atoms with Crippen LogP contribution in [0.5, 0.6) is 0 Å². The van der Waals surface area contributed by atoms with Gasteiger partial charge in [0.2, 0.25) is 10.0 Å². The average Bonchev–Trinajstić information content (AvgIpc) is 2.36. The molecule has 112 valence electrons. The van der Waals surface area contributed by atoms with E-state index in [1.54, 1.807) is 12.1 Å². The minimum atomic E-state index is -3.50. The van der Waals surface area contributed by atoms with Crippen LogP contribution in [0.3, 0.4) is 0 Å². The Morgan fingerprint density at radius 3 is 2.70 bits per heavy atom. The first kappa shape index (κ1) is 15.3. The van der Waals surface area contributed by atoms with Crippen LogP contribution < -0.4 is 10.5 Å². The van der Waals surface area contributed by atoms with Gasteiger partial charge in [-0.3, -0.25) is 0 Å². The molecule has 0 radical (unpaired) electrons. The second kappa shape index (κ2) is 5.71. The molecule has 1 saturated heterocycles. The Hall–Kier alpha value is -1.11. The molecule has 1 heterocycles. The van der Waals surface area contributed by atoms with Crippen LogP contribution in [-0.2, 0) is 10.0 Å². The zero-order valence-corrected chi connectivity index (χ0v) is 13.1. The molecule has 2 atom stereocenters. The molecule has 0 aliphatic carbocycles. The highest BCUT2D eigenvalue weighted by molar-refractivity contribution is 7.89. The van der Waals surface area contributed by atoms with Crippen LogP contribution in [0.2, 0.25) is 0 Å². The summed E-state index contributed by atoms with van der Waals surface area (Å²) in [5, 5.41) is 0. The standard InChI is InChI=1S/C14H23N3O2S/c1-10-4-5-12(8-13(10)15)20(18,19)16-14-6-7-17(3)9-11(14)2/h4-5,8,11,14,16H,6-7,9,15H2,1-3H3. The van der Waals surface area contributed by atoms with Crippen molar-refractivity contribution in [1.82, 2.24) is 9.62 Å². The number of hydrogen-bond donors (Lipinski definition) is 2. The Kier molecular flexibility index (Phi) is 4.36. The fraction of sp³-hybridized carbons (Fsp3) is 0.571. The first-order valence-corrected chi connectivity index (χ1v) is 8.35. The maximum atomic E-state index is 12.4. The smallest absolute Gasteiger partial charge is 0.240 e. The van der Waals surface area contributed by atoms with Crippen LogP contribution in [0.25, 0.3) is 0 Å². The van der Waals surface area contributed by atoms with Crippen molar-refractivity contribution in [3.63, 3.8) is 0 Å². The molecule has 1 fully saturated rings. The van der Waals surface area contributed by atoms with Crippen molar-refractivity contribution in [1.29, 1.82) is 0 Å². The van der Waals surface area contributed by atoms with Crippen LogP contribution in [0, 0.1) is 12.8 Å². The number of nitrogens with one attached hydrogen (secondary N) is 1. The Balaban J connectivity index is 2.16. The summed E-state index contributed by atoms with van der Waals surface area (Å²) in [5.74, 6) is 0.298. The maximum absolute atomic E-state index is 12.4. The third-order valence-corrected chi connectivity index (χ3v) is 5.46. The molecule has 0 aromatic heterocycles. The normalized spacial score (nSPS) is 24.8. The molecule has 0 bridgehead atoms. The summed E-state index contributed by atoms with van der Waals surface area (Å²) in [6.07, 6.45) is 0.832. The Bertz CT molecular complexity index is 586. The number of nitrogens with zero attached hydrogens (tertiary/aromatic N) is 1. The van der Waals surface area contributed by atoms with Gasteiger partial charge in [0.1, 0.15) is 0 Å². The van der Waals surface area contributed by atoms with E-state index < -0.39 is 10.0 Å². The molecular formula is C14H23N3O2S. The molecule has 1 aliphatic rings. The molecule has 1 aliphatic heterocycles. The second-order valence-corrected chi connectivity index (χ2v) is 7.49. The van der Waals surface area contributed by atoms with Crippen molar-refractivity contribution in [2.75, 3.05) is 25.9 Å². The predicted octanol–water partition coefficient (Wildman–Crippen LogP) is 1.20. The fourth-order valence-electron chi connectivity index (χ4n) is 2.58. The zero-order chi connectivity index (χ0) is 14.9. The highest BCUT2D eigenvalue weighted by Gasteiger charge is 2.28. The summed E-state index contributed by atoms with van der Waals surface area (Å²) in [5.41, 5.74) is 7.19. The van der Waals surface area contributed by atoms with Crippen molar-refractivity contribution in [3.05, 3.63) is 23.8 Å². The molecule has 6 heteroatoms. The quantitative estimate of drug-likeness (QED) is 0.822. The number of benzene rings is 1. The van der Waals surface area contributed by atoms with Gasteiger partial charge < -0.3 is 10.6 Å². The highest BCUT2D eigenvalue weighted by Crippen LogP contribution is 2.21. The van der Waals surface area contributed by atoms with Crippen molar-refractivity contribution in [2.45, 2.75) is 31.2 Å². The predicted molar refractivity (Wildman–Crippen MR) is 81.0 cm³/mol. The van der Waals surface area contributed by atoms with Crippen molar-refractivity contribution >= 4 is 15.7 Å². The largest absolute Gasteiger partial charge is 0.398 e. The minimum Gasteiger partial charge on any atom is -0.398 e. The monoisotopic (exact) mass is 297 g/mol. The lowest BCUT2D eigenvalue weighted by molar-refractivity contribution is 0.188. The van der Waals surface area contributed by atoms with E-state index in [2.05, 4.69) is 23.6 Å². The van der Waals surface area contributed by atoms with E-state index in [0.717, 1.165) is 25.1 Å². The Morgan fingerprint density at radius 2 is 2.10 bits per heavy atom. The molecule has 2 rings (SSSR count). The van der Waals surface area contributed by atoms with E-state index in [1.807, 2.05) is 6.92 Å². The van der Waals surface area contributed by atoms with Crippen LogP contribution in [0.1, 0.15) is 18.9 Å². The van der Waals surface area contributed by atoms with Crippen molar-refractivity contribution in [2.24, 2.45) is 5.92 Å². The number of nitrogens with two attached hydrogens (primary N) is 1. The van der Waals surface area contributed by atoms with Gasteiger partial charge in [0.05, 0.1) is 4.90 Å².